The van der Waals surface area contributed by atoms with E-state index in [9.17, 15) is 0 Å². The third-order valence-electron chi connectivity index (χ3n) is 3.85. The lowest BCUT2D eigenvalue weighted by atomic mass is 10.2. The molecule has 0 aliphatic heterocycles. The average Bonchev–Trinajstić information content (AvgIpc) is 2.66. The Bertz CT molecular complexity index is 522. The van der Waals surface area contributed by atoms with Gasteiger partial charge in [0, 0.05) is 19.6 Å². The van der Waals surface area contributed by atoms with E-state index in [2.05, 4.69) is 41.0 Å². The molecule has 0 unspecified atom stereocenters. The predicted molar refractivity (Wildman–Crippen MR) is 109 cm³/mol. The van der Waals surface area contributed by atoms with E-state index in [1.807, 2.05) is 49.5 Å². The van der Waals surface area contributed by atoms with Crippen LogP contribution in [0.15, 0.2) is 42.6 Å². The van der Waals surface area contributed by atoms with Crippen LogP contribution in [0.5, 0.6) is 0 Å². The molecule has 1 aromatic heterocycles. The highest BCUT2D eigenvalue weighted by Gasteiger charge is 2.10. The number of hydrogen-bond donors (Lipinski definition) is 1. The highest BCUT2D eigenvalue weighted by molar-refractivity contribution is 5.48. The predicted octanol–water partition coefficient (Wildman–Crippen LogP) is 5.31. The first kappa shape index (κ1) is 20.9. The number of unbranched alkanes of at least 4 members (excludes halogenated alkanes) is 2. The normalized spacial score (nSPS) is 9.92. The van der Waals surface area contributed by atoms with Crippen molar-refractivity contribution in [1.82, 2.24) is 9.97 Å². The Morgan fingerprint density at radius 3 is 1.80 bits per heavy atom. The maximum absolute atomic E-state index is 4.65. The number of benzene rings is 1. The van der Waals surface area contributed by atoms with Crippen LogP contribution >= 0.6 is 0 Å². The summed E-state index contributed by atoms with van der Waals surface area (Å²) in [6, 6.07) is 12.0. The molecule has 4 nitrogen and oxygen atoms in total. The van der Waals surface area contributed by atoms with Gasteiger partial charge >= 0.3 is 0 Å². The minimum absolute atomic E-state index is 0.876. The van der Waals surface area contributed by atoms with E-state index in [0.29, 0.717) is 0 Å². The molecule has 4 heteroatoms. The van der Waals surface area contributed by atoms with E-state index < -0.39 is 0 Å². The van der Waals surface area contributed by atoms with Crippen LogP contribution in [0.1, 0.15) is 52.1 Å². The highest BCUT2D eigenvalue weighted by Crippen LogP contribution is 2.16. The fourth-order valence-corrected chi connectivity index (χ4v) is 2.37. The number of nitrogens with zero attached hydrogens (tertiary/aromatic N) is 3. The Labute approximate surface area is 153 Å². The van der Waals surface area contributed by atoms with E-state index in [4.69, 9.17) is 0 Å². The third kappa shape index (κ3) is 8.52. The Kier molecular flexibility index (Phi) is 11.1. The molecule has 0 bridgehead atoms. The molecule has 138 valence electrons. The van der Waals surface area contributed by atoms with Crippen LogP contribution in [-0.4, -0.2) is 29.6 Å². The SMILES string of the molecule is CCCCN(CCCC)c1ncc(NCC)c(C)n1.c1ccccc1. The van der Waals surface area contributed by atoms with Crippen molar-refractivity contribution in [3.8, 4) is 0 Å². The summed E-state index contributed by atoms with van der Waals surface area (Å²) in [5, 5.41) is 3.28. The first-order chi connectivity index (χ1) is 12.2. The minimum Gasteiger partial charge on any atom is -0.383 e. The zero-order valence-electron chi connectivity index (χ0n) is 16.3. The summed E-state index contributed by atoms with van der Waals surface area (Å²) >= 11 is 0. The summed E-state index contributed by atoms with van der Waals surface area (Å²) in [6.07, 6.45) is 6.71. The summed E-state index contributed by atoms with van der Waals surface area (Å²) in [4.78, 5) is 11.5. The van der Waals surface area contributed by atoms with Crippen molar-refractivity contribution in [2.24, 2.45) is 0 Å². The van der Waals surface area contributed by atoms with Gasteiger partial charge in [-0.15, -0.1) is 0 Å². The van der Waals surface area contributed by atoms with Crippen LogP contribution in [0.4, 0.5) is 11.6 Å². The van der Waals surface area contributed by atoms with Gasteiger partial charge in [0.15, 0.2) is 0 Å². The Morgan fingerprint density at radius 2 is 1.40 bits per heavy atom. The molecule has 0 saturated carbocycles. The fraction of sp³-hybridized carbons (Fsp3) is 0.524. The van der Waals surface area contributed by atoms with Crippen molar-refractivity contribution < 1.29 is 0 Å². The van der Waals surface area contributed by atoms with Gasteiger partial charge < -0.3 is 10.2 Å². The van der Waals surface area contributed by atoms with Gasteiger partial charge in [0.25, 0.3) is 0 Å². The molecular formula is C21H34N4. The molecule has 25 heavy (non-hydrogen) atoms. The maximum Gasteiger partial charge on any atom is 0.225 e. The topological polar surface area (TPSA) is 41.1 Å². The quantitative estimate of drug-likeness (QED) is 0.670. The summed E-state index contributed by atoms with van der Waals surface area (Å²) in [5.41, 5.74) is 2.07. The van der Waals surface area contributed by atoms with Crippen molar-refractivity contribution in [3.63, 3.8) is 0 Å². The standard InChI is InChI=1S/C15H28N4.C6H6/c1-5-8-10-19(11-9-6-2)15-17-12-14(16-7-3)13(4)18-15;1-2-4-6-5-3-1/h12,16H,5-11H2,1-4H3;1-6H. The fourth-order valence-electron chi connectivity index (χ4n) is 2.37. The van der Waals surface area contributed by atoms with Crippen LogP contribution in [0, 0.1) is 6.92 Å². The van der Waals surface area contributed by atoms with Gasteiger partial charge in [-0.3, -0.25) is 0 Å². The van der Waals surface area contributed by atoms with E-state index in [0.717, 1.165) is 37.0 Å². The summed E-state index contributed by atoms with van der Waals surface area (Å²) in [7, 11) is 0. The van der Waals surface area contributed by atoms with E-state index in [1.165, 1.54) is 25.7 Å². The second kappa shape index (κ2) is 13.2. The average molecular weight is 343 g/mol. The first-order valence-corrected chi connectivity index (χ1v) is 9.55. The van der Waals surface area contributed by atoms with Crippen LogP contribution < -0.4 is 10.2 Å². The van der Waals surface area contributed by atoms with Gasteiger partial charge in [-0.2, -0.15) is 0 Å². The largest absolute Gasteiger partial charge is 0.383 e. The Morgan fingerprint density at radius 1 is 0.880 bits per heavy atom. The minimum atomic E-state index is 0.876. The molecule has 0 aliphatic rings. The van der Waals surface area contributed by atoms with Gasteiger partial charge in [-0.05, 0) is 26.7 Å². The van der Waals surface area contributed by atoms with Crippen molar-refractivity contribution in [2.75, 3.05) is 29.9 Å². The second-order valence-corrected chi connectivity index (χ2v) is 6.05. The first-order valence-electron chi connectivity index (χ1n) is 9.55. The van der Waals surface area contributed by atoms with Crippen molar-refractivity contribution in [1.29, 1.82) is 0 Å². The van der Waals surface area contributed by atoms with Crippen LogP contribution in [0.25, 0.3) is 0 Å². The summed E-state index contributed by atoms with van der Waals surface area (Å²) < 4.78 is 0. The van der Waals surface area contributed by atoms with Crippen molar-refractivity contribution >= 4 is 11.6 Å². The molecule has 0 aliphatic carbocycles. The summed E-state index contributed by atoms with van der Waals surface area (Å²) in [5.74, 6) is 0.876. The second-order valence-electron chi connectivity index (χ2n) is 6.05. The van der Waals surface area contributed by atoms with Crippen LogP contribution in [-0.2, 0) is 0 Å². The smallest absolute Gasteiger partial charge is 0.225 e. The van der Waals surface area contributed by atoms with Crippen LogP contribution in [0.3, 0.4) is 0 Å². The number of nitrogens with one attached hydrogen (secondary N) is 1. The molecule has 0 fully saturated rings. The molecule has 0 saturated heterocycles. The maximum atomic E-state index is 4.65. The number of aryl methyl sites for hydroxylation is 1. The van der Waals surface area contributed by atoms with E-state index in [-0.39, 0.29) is 0 Å². The van der Waals surface area contributed by atoms with E-state index in [1.54, 1.807) is 0 Å². The lowest BCUT2D eigenvalue weighted by Gasteiger charge is -2.23. The zero-order chi connectivity index (χ0) is 18.3. The molecule has 2 aromatic rings. The number of anilines is 2. The zero-order valence-corrected chi connectivity index (χ0v) is 16.3. The van der Waals surface area contributed by atoms with Crippen LogP contribution in [0.2, 0.25) is 0 Å². The Hall–Kier alpha value is -2.10. The summed E-state index contributed by atoms with van der Waals surface area (Å²) in [6.45, 7) is 11.6. The molecule has 0 atom stereocenters. The van der Waals surface area contributed by atoms with Gasteiger partial charge in [0.05, 0.1) is 17.6 Å². The monoisotopic (exact) mass is 342 g/mol. The number of rotatable bonds is 9. The van der Waals surface area contributed by atoms with Gasteiger partial charge in [-0.25, -0.2) is 9.97 Å². The molecule has 1 N–H and O–H groups in total. The number of aromatic nitrogens is 2. The van der Waals surface area contributed by atoms with Gasteiger partial charge in [-0.1, -0.05) is 63.1 Å². The van der Waals surface area contributed by atoms with E-state index >= 15 is 0 Å². The van der Waals surface area contributed by atoms with Gasteiger partial charge in [0.1, 0.15) is 0 Å². The van der Waals surface area contributed by atoms with Gasteiger partial charge in [0.2, 0.25) is 5.95 Å². The third-order valence-corrected chi connectivity index (χ3v) is 3.85. The van der Waals surface area contributed by atoms with Crippen molar-refractivity contribution in [2.45, 2.75) is 53.4 Å². The molecule has 2 rings (SSSR count). The molecular weight excluding hydrogens is 308 g/mol. The molecule has 0 spiro atoms. The lowest BCUT2D eigenvalue weighted by molar-refractivity contribution is 0.662. The number of hydrogen-bond acceptors (Lipinski definition) is 4. The van der Waals surface area contributed by atoms with Crippen molar-refractivity contribution in [3.05, 3.63) is 48.3 Å². The molecule has 0 amide bonds. The Balaban J connectivity index is 0.000000435. The molecule has 0 radical (unpaired) electrons. The highest BCUT2D eigenvalue weighted by atomic mass is 15.2. The lowest BCUT2D eigenvalue weighted by Crippen LogP contribution is -2.27. The molecule has 1 heterocycles. The molecule has 1 aromatic carbocycles.